The summed E-state index contributed by atoms with van der Waals surface area (Å²) in [6.07, 6.45) is 1.54. The summed E-state index contributed by atoms with van der Waals surface area (Å²) in [5, 5.41) is 0. The second-order valence-corrected chi connectivity index (χ2v) is 7.30. The van der Waals surface area contributed by atoms with Gasteiger partial charge in [-0.25, -0.2) is 17.6 Å². The predicted octanol–water partition coefficient (Wildman–Crippen LogP) is 2.34. The number of hydrogen-bond donors (Lipinski definition) is 0. The zero-order valence-electron chi connectivity index (χ0n) is 11.1. The number of ether oxygens (including phenoxy) is 2. The first-order valence-corrected chi connectivity index (χ1v) is 8.68. The molecule has 0 saturated carbocycles. The second-order valence-electron chi connectivity index (χ2n) is 4.73. The Kier molecular flexibility index (Phi) is 5.18. The summed E-state index contributed by atoms with van der Waals surface area (Å²) >= 11 is 0. The molecule has 116 valence electrons. The lowest BCUT2D eigenvalue weighted by Crippen LogP contribution is -2.22. The van der Waals surface area contributed by atoms with E-state index in [1.807, 2.05) is 0 Å². The quantitative estimate of drug-likeness (QED) is 0.623. The first kappa shape index (κ1) is 16.2. The summed E-state index contributed by atoms with van der Waals surface area (Å²) in [6.45, 7) is 1.37. The van der Waals surface area contributed by atoms with Gasteiger partial charge in [0, 0.05) is 23.9 Å². The summed E-state index contributed by atoms with van der Waals surface area (Å²) in [7, 11) is 1.14. The molecule has 0 aromatic heterocycles. The van der Waals surface area contributed by atoms with Gasteiger partial charge < -0.3 is 9.47 Å². The molecule has 1 aliphatic heterocycles. The highest BCUT2D eigenvalue weighted by atomic mass is 35.7. The van der Waals surface area contributed by atoms with Crippen molar-refractivity contribution in [2.75, 3.05) is 19.8 Å². The molecule has 0 unspecified atom stereocenters. The van der Waals surface area contributed by atoms with Crippen LogP contribution in [0.5, 0.6) is 0 Å². The minimum atomic E-state index is -4.03. The van der Waals surface area contributed by atoms with E-state index in [0.717, 1.165) is 31.0 Å². The van der Waals surface area contributed by atoms with Gasteiger partial charge in [-0.05, 0) is 37.0 Å². The van der Waals surface area contributed by atoms with E-state index in [1.165, 1.54) is 0 Å². The van der Waals surface area contributed by atoms with Gasteiger partial charge >= 0.3 is 5.97 Å². The fourth-order valence-corrected chi connectivity index (χ4v) is 2.77. The van der Waals surface area contributed by atoms with E-state index < -0.39 is 26.4 Å². The number of esters is 1. The van der Waals surface area contributed by atoms with E-state index in [2.05, 4.69) is 0 Å². The molecule has 21 heavy (non-hydrogen) atoms. The number of rotatable bonds is 4. The lowest BCUT2D eigenvalue weighted by molar-refractivity contribution is 0.0182. The minimum Gasteiger partial charge on any atom is -0.462 e. The summed E-state index contributed by atoms with van der Waals surface area (Å²) < 4.78 is 46.2. The van der Waals surface area contributed by atoms with Gasteiger partial charge in [-0.2, -0.15) is 0 Å². The van der Waals surface area contributed by atoms with E-state index in [1.54, 1.807) is 0 Å². The van der Waals surface area contributed by atoms with Gasteiger partial charge in [0.2, 0.25) is 0 Å². The van der Waals surface area contributed by atoms with Gasteiger partial charge in [-0.3, -0.25) is 0 Å². The van der Waals surface area contributed by atoms with Gasteiger partial charge in [0.1, 0.15) is 5.82 Å². The third-order valence-corrected chi connectivity index (χ3v) is 4.58. The lowest BCUT2D eigenvalue weighted by Gasteiger charge is -2.21. The molecule has 1 aromatic rings. The molecule has 0 amide bonds. The second kappa shape index (κ2) is 6.72. The summed E-state index contributed by atoms with van der Waals surface area (Å²) in [5.74, 6) is -1.58. The zero-order valence-corrected chi connectivity index (χ0v) is 12.6. The summed E-state index contributed by atoms with van der Waals surface area (Å²) in [4.78, 5) is 11.5. The average molecular weight is 337 g/mol. The topological polar surface area (TPSA) is 69.7 Å². The third-order valence-electron chi connectivity index (χ3n) is 3.23. The van der Waals surface area contributed by atoms with Crippen LogP contribution in [0.1, 0.15) is 23.2 Å². The number of hydrogen-bond acceptors (Lipinski definition) is 5. The smallest absolute Gasteiger partial charge is 0.341 e. The van der Waals surface area contributed by atoms with Crippen molar-refractivity contribution >= 4 is 25.7 Å². The molecule has 0 radical (unpaired) electrons. The van der Waals surface area contributed by atoms with Crippen molar-refractivity contribution in [1.82, 2.24) is 0 Å². The fourth-order valence-electron chi connectivity index (χ4n) is 2.00. The Morgan fingerprint density at radius 1 is 1.38 bits per heavy atom. The van der Waals surface area contributed by atoms with Crippen molar-refractivity contribution in [3.8, 4) is 0 Å². The Morgan fingerprint density at radius 3 is 2.67 bits per heavy atom. The van der Waals surface area contributed by atoms with Crippen molar-refractivity contribution < 1.29 is 27.1 Å². The maximum atomic E-state index is 13.6. The van der Waals surface area contributed by atoms with Crippen LogP contribution in [0.3, 0.4) is 0 Å². The highest BCUT2D eigenvalue weighted by Crippen LogP contribution is 2.20. The Bertz CT molecular complexity index is 625. The van der Waals surface area contributed by atoms with Gasteiger partial charge in [0.25, 0.3) is 9.05 Å². The standard InChI is InChI=1S/C13H14ClFO5S/c14-21(17,18)10-1-2-12(15)11(7-10)13(16)20-8-9-3-5-19-6-4-9/h1-2,7,9H,3-6,8H2. The normalized spacial score (nSPS) is 16.7. The Balaban J connectivity index is 2.07. The third kappa shape index (κ3) is 4.39. The number of halogens is 2. The number of carbonyl (C=O) groups excluding carboxylic acids is 1. The van der Waals surface area contributed by atoms with Crippen molar-refractivity contribution in [3.05, 3.63) is 29.6 Å². The molecular formula is C13H14ClFO5S. The van der Waals surface area contributed by atoms with Gasteiger partial charge in [0.05, 0.1) is 17.1 Å². The molecule has 1 heterocycles. The molecule has 1 aliphatic rings. The molecule has 1 saturated heterocycles. The van der Waals surface area contributed by atoms with Crippen molar-refractivity contribution in [2.24, 2.45) is 5.92 Å². The Labute approximate surface area is 126 Å². The highest BCUT2D eigenvalue weighted by molar-refractivity contribution is 8.13. The van der Waals surface area contributed by atoms with Crippen molar-refractivity contribution in [2.45, 2.75) is 17.7 Å². The van der Waals surface area contributed by atoms with Crippen LogP contribution < -0.4 is 0 Å². The van der Waals surface area contributed by atoms with Crippen LogP contribution in [-0.2, 0) is 18.5 Å². The van der Waals surface area contributed by atoms with Crippen LogP contribution >= 0.6 is 10.7 Å². The van der Waals surface area contributed by atoms with E-state index in [-0.39, 0.29) is 17.4 Å². The largest absolute Gasteiger partial charge is 0.462 e. The minimum absolute atomic E-state index is 0.152. The molecule has 8 heteroatoms. The molecule has 0 aliphatic carbocycles. The molecule has 1 fully saturated rings. The monoisotopic (exact) mass is 336 g/mol. The van der Waals surface area contributed by atoms with Crippen LogP contribution in [0.2, 0.25) is 0 Å². The lowest BCUT2D eigenvalue weighted by atomic mass is 10.0. The van der Waals surface area contributed by atoms with Gasteiger partial charge in [-0.1, -0.05) is 0 Å². The molecule has 1 aromatic carbocycles. The molecule has 0 spiro atoms. The van der Waals surface area contributed by atoms with Crippen molar-refractivity contribution in [1.29, 1.82) is 0 Å². The molecule has 5 nitrogen and oxygen atoms in total. The zero-order chi connectivity index (χ0) is 15.5. The van der Waals surface area contributed by atoms with Crippen molar-refractivity contribution in [3.63, 3.8) is 0 Å². The molecule has 0 bridgehead atoms. The number of carbonyl (C=O) groups is 1. The van der Waals surface area contributed by atoms with E-state index in [9.17, 15) is 17.6 Å². The number of benzene rings is 1. The fraction of sp³-hybridized carbons (Fsp3) is 0.462. The van der Waals surface area contributed by atoms with Crippen LogP contribution in [0.15, 0.2) is 23.1 Å². The summed E-state index contributed by atoms with van der Waals surface area (Å²) in [6, 6.07) is 2.75. The van der Waals surface area contributed by atoms with Crippen LogP contribution in [-0.4, -0.2) is 34.2 Å². The SMILES string of the molecule is O=C(OCC1CCOCC1)c1cc(S(=O)(=O)Cl)ccc1F. The van der Waals surface area contributed by atoms with Crippen LogP contribution in [0.4, 0.5) is 4.39 Å². The first-order valence-electron chi connectivity index (χ1n) is 6.37. The maximum Gasteiger partial charge on any atom is 0.341 e. The van der Waals surface area contributed by atoms with Gasteiger partial charge in [0.15, 0.2) is 0 Å². The average Bonchev–Trinajstić information content (AvgIpc) is 2.45. The van der Waals surface area contributed by atoms with Crippen LogP contribution in [0.25, 0.3) is 0 Å². The maximum absolute atomic E-state index is 13.6. The van der Waals surface area contributed by atoms with Crippen LogP contribution in [0, 0.1) is 11.7 Å². The van der Waals surface area contributed by atoms with E-state index in [0.29, 0.717) is 13.2 Å². The first-order chi connectivity index (χ1) is 9.88. The molecule has 2 rings (SSSR count). The Hall–Kier alpha value is -1.18. The molecule has 0 atom stereocenters. The molecule has 0 N–H and O–H groups in total. The van der Waals surface area contributed by atoms with Gasteiger partial charge in [-0.15, -0.1) is 0 Å². The molecular weight excluding hydrogens is 323 g/mol. The van der Waals surface area contributed by atoms with E-state index >= 15 is 0 Å². The highest BCUT2D eigenvalue weighted by Gasteiger charge is 2.21. The summed E-state index contributed by atoms with van der Waals surface area (Å²) in [5.41, 5.74) is -0.441. The Morgan fingerprint density at radius 2 is 2.05 bits per heavy atom. The van der Waals surface area contributed by atoms with E-state index in [4.69, 9.17) is 20.2 Å². The predicted molar refractivity (Wildman–Crippen MR) is 73.3 cm³/mol.